The highest BCUT2D eigenvalue weighted by atomic mass is 32.2. The molecule has 0 fully saturated rings. The van der Waals surface area contributed by atoms with E-state index in [9.17, 15) is 13.5 Å². The summed E-state index contributed by atoms with van der Waals surface area (Å²) < 4.78 is 33.6. The maximum Gasteiger partial charge on any atom is 0.285 e. The van der Waals surface area contributed by atoms with Gasteiger partial charge in [0.1, 0.15) is 10.6 Å². The first-order chi connectivity index (χ1) is 12.5. The fourth-order valence-corrected chi connectivity index (χ4v) is 3.75. The van der Waals surface area contributed by atoms with Gasteiger partial charge < -0.3 is 9.84 Å². The van der Waals surface area contributed by atoms with Gasteiger partial charge in [-0.2, -0.15) is 13.5 Å². The monoisotopic (exact) mass is 373 g/mol. The summed E-state index contributed by atoms with van der Waals surface area (Å²) >= 11 is 0. The van der Waals surface area contributed by atoms with Crippen LogP contribution in [0.15, 0.2) is 62.9 Å². The highest BCUT2D eigenvalue weighted by molar-refractivity contribution is 7.90. The van der Waals surface area contributed by atoms with Gasteiger partial charge in [-0.05, 0) is 48.9 Å². The van der Waals surface area contributed by atoms with Crippen LogP contribution in [0.25, 0.3) is 0 Å². The zero-order chi connectivity index (χ0) is 18.6. The van der Waals surface area contributed by atoms with Crippen molar-refractivity contribution >= 4 is 22.1 Å². The normalized spacial score (nSPS) is 14.9. The molecule has 0 aromatic heterocycles. The van der Waals surface area contributed by atoms with Gasteiger partial charge in [0.05, 0.1) is 26.0 Å². The van der Waals surface area contributed by atoms with Crippen molar-refractivity contribution in [1.29, 1.82) is 0 Å². The molecule has 2 aromatic rings. The third-order valence-electron chi connectivity index (χ3n) is 3.71. The van der Waals surface area contributed by atoms with E-state index >= 15 is 0 Å². The lowest BCUT2D eigenvalue weighted by Crippen LogP contribution is -2.28. The summed E-state index contributed by atoms with van der Waals surface area (Å²) in [4.78, 5) is 0.147. The van der Waals surface area contributed by atoms with E-state index in [1.807, 2.05) is 31.2 Å². The van der Waals surface area contributed by atoms with Gasteiger partial charge >= 0.3 is 0 Å². The molecule has 1 N–H and O–H groups in total. The molecule has 0 spiro atoms. The first-order valence-corrected chi connectivity index (χ1v) is 9.59. The summed E-state index contributed by atoms with van der Waals surface area (Å²) in [5.74, 6) is 0.967. The van der Waals surface area contributed by atoms with E-state index in [1.54, 1.807) is 24.4 Å². The van der Waals surface area contributed by atoms with E-state index in [1.165, 1.54) is 11.1 Å². The molecule has 1 heterocycles. The Morgan fingerprint density at radius 3 is 2.62 bits per heavy atom. The number of ether oxygens (including phenoxy) is 1. The second kappa shape index (κ2) is 7.67. The number of hydrogen-bond acceptors (Lipinski definition) is 6. The van der Waals surface area contributed by atoms with Crippen molar-refractivity contribution in [3.63, 3.8) is 0 Å². The molecule has 0 unspecified atom stereocenters. The Balaban J connectivity index is 1.88. The Morgan fingerprint density at radius 2 is 1.92 bits per heavy atom. The Morgan fingerprint density at radius 1 is 1.19 bits per heavy atom. The number of hydrogen-bond donors (Lipinski definition) is 1. The van der Waals surface area contributed by atoms with Crippen LogP contribution >= 0.6 is 0 Å². The zero-order valence-electron chi connectivity index (χ0n) is 14.2. The fourth-order valence-electron chi connectivity index (χ4n) is 2.54. The van der Waals surface area contributed by atoms with Crippen molar-refractivity contribution in [1.82, 2.24) is 5.01 Å². The maximum atomic E-state index is 12.2. The molecule has 7 nitrogen and oxygen atoms in total. The molecular formula is C18H19N3O4S. The lowest BCUT2D eigenvalue weighted by molar-refractivity contribution is 0.254. The molecule has 8 heteroatoms. The van der Waals surface area contributed by atoms with Gasteiger partial charge in [0.15, 0.2) is 5.84 Å². The van der Waals surface area contributed by atoms with Crippen molar-refractivity contribution in [3.05, 3.63) is 59.7 Å². The second-order valence-electron chi connectivity index (χ2n) is 5.48. The number of aliphatic hydroxyl groups excluding tert-OH is 1. The lowest BCUT2D eigenvalue weighted by Gasteiger charge is -2.17. The molecule has 0 amide bonds. The first kappa shape index (κ1) is 18.1. The summed E-state index contributed by atoms with van der Waals surface area (Å²) in [7, 11) is -3.74. The van der Waals surface area contributed by atoms with Crippen molar-refractivity contribution in [2.75, 3.05) is 19.8 Å². The number of sulfonamides is 1. The van der Waals surface area contributed by atoms with Crippen molar-refractivity contribution in [3.8, 4) is 5.75 Å². The number of rotatable bonds is 6. The molecular weight excluding hydrogens is 354 g/mol. The number of benzene rings is 2. The molecule has 136 valence electrons. The lowest BCUT2D eigenvalue weighted by atomic mass is 10.2. The summed E-state index contributed by atoms with van der Waals surface area (Å²) in [6.07, 6.45) is 1.58. The average Bonchev–Trinajstić information content (AvgIpc) is 2.92. The van der Waals surface area contributed by atoms with Gasteiger partial charge in [-0.3, -0.25) is 0 Å². The first-order valence-electron chi connectivity index (χ1n) is 8.15. The Bertz CT molecular complexity index is 937. The molecule has 1 aliphatic heterocycles. The Hall–Kier alpha value is -2.71. The summed E-state index contributed by atoms with van der Waals surface area (Å²) in [5, 5.41) is 15.0. The van der Waals surface area contributed by atoms with E-state index in [4.69, 9.17) is 4.74 Å². The van der Waals surface area contributed by atoms with Crippen LogP contribution in [0.4, 0.5) is 0 Å². The SMILES string of the molecule is CCOc1ccc(/C=N/N(CCO)C2=NS(=O)(=O)c3ccccc32)cc1. The molecule has 26 heavy (non-hydrogen) atoms. The summed E-state index contributed by atoms with van der Waals surface area (Å²) in [5.41, 5.74) is 1.29. The molecule has 0 atom stereocenters. The van der Waals surface area contributed by atoms with Crippen LogP contribution in [0, 0.1) is 0 Å². The van der Waals surface area contributed by atoms with Crippen LogP contribution in [0.1, 0.15) is 18.1 Å². The Kier molecular flexibility index (Phi) is 5.34. The van der Waals surface area contributed by atoms with Gasteiger partial charge in [-0.15, -0.1) is 4.40 Å². The minimum Gasteiger partial charge on any atom is -0.494 e. The van der Waals surface area contributed by atoms with Crippen molar-refractivity contribution in [2.45, 2.75) is 11.8 Å². The summed E-state index contributed by atoms with van der Waals surface area (Å²) in [6, 6.07) is 13.9. The number of fused-ring (bicyclic) bond motifs is 1. The molecule has 0 radical (unpaired) electrons. The van der Waals surface area contributed by atoms with E-state index in [0.29, 0.717) is 12.2 Å². The summed E-state index contributed by atoms with van der Waals surface area (Å²) in [6.45, 7) is 2.43. The van der Waals surface area contributed by atoms with E-state index in [-0.39, 0.29) is 23.9 Å². The molecule has 2 aromatic carbocycles. The largest absolute Gasteiger partial charge is 0.494 e. The molecule has 0 saturated carbocycles. The van der Waals surface area contributed by atoms with E-state index < -0.39 is 10.0 Å². The standard InChI is InChI=1S/C18H19N3O4S/c1-2-25-15-9-7-14(8-10-15)13-19-21(11-12-22)18-16-5-3-4-6-17(16)26(23,24)20-18/h3-10,13,22H,2,11-12H2,1H3/b19-13+. The van der Waals surface area contributed by atoms with Crippen molar-refractivity contribution < 1.29 is 18.3 Å². The third kappa shape index (κ3) is 3.76. The van der Waals surface area contributed by atoms with E-state index in [0.717, 1.165) is 11.3 Å². The minimum absolute atomic E-state index is 0.121. The van der Waals surface area contributed by atoms with E-state index in [2.05, 4.69) is 9.50 Å². The number of hydrazone groups is 1. The van der Waals surface area contributed by atoms with Crippen LogP contribution in [-0.2, 0) is 10.0 Å². The highest BCUT2D eigenvalue weighted by Gasteiger charge is 2.31. The van der Waals surface area contributed by atoms with Gasteiger partial charge in [-0.25, -0.2) is 5.01 Å². The molecule has 1 aliphatic rings. The smallest absolute Gasteiger partial charge is 0.285 e. The van der Waals surface area contributed by atoms with Gasteiger partial charge in [0.25, 0.3) is 10.0 Å². The zero-order valence-corrected chi connectivity index (χ0v) is 15.1. The highest BCUT2D eigenvalue weighted by Crippen LogP contribution is 2.27. The topological polar surface area (TPSA) is 91.6 Å². The quantitative estimate of drug-likeness (QED) is 0.616. The third-order valence-corrected chi connectivity index (χ3v) is 5.03. The molecule has 0 aliphatic carbocycles. The molecule has 0 bridgehead atoms. The predicted molar refractivity (Wildman–Crippen MR) is 99.2 cm³/mol. The number of amidine groups is 1. The van der Waals surface area contributed by atoms with Gasteiger partial charge in [0, 0.05) is 5.56 Å². The van der Waals surface area contributed by atoms with Crippen LogP contribution < -0.4 is 4.74 Å². The predicted octanol–water partition coefficient (Wildman–Crippen LogP) is 1.86. The van der Waals surface area contributed by atoms with Crippen LogP contribution in [0.2, 0.25) is 0 Å². The average molecular weight is 373 g/mol. The molecule has 0 saturated heterocycles. The Labute approximate surface area is 152 Å². The number of nitrogens with zero attached hydrogens (tertiary/aromatic N) is 3. The minimum atomic E-state index is -3.74. The fraction of sp³-hybridized carbons (Fsp3) is 0.222. The van der Waals surface area contributed by atoms with Crippen molar-refractivity contribution in [2.24, 2.45) is 9.50 Å². The van der Waals surface area contributed by atoms with Gasteiger partial charge in [-0.1, -0.05) is 12.1 Å². The van der Waals surface area contributed by atoms with Crippen LogP contribution in [0.5, 0.6) is 5.75 Å². The van der Waals surface area contributed by atoms with Gasteiger partial charge in [0.2, 0.25) is 0 Å². The van der Waals surface area contributed by atoms with Crippen LogP contribution in [-0.4, -0.2) is 50.3 Å². The molecule has 3 rings (SSSR count). The maximum absolute atomic E-state index is 12.2. The second-order valence-corrected chi connectivity index (χ2v) is 7.05. The van der Waals surface area contributed by atoms with Crippen LogP contribution in [0.3, 0.4) is 0 Å². The number of aliphatic hydroxyl groups is 1.